The third-order valence-corrected chi connectivity index (χ3v) is 3.79. The van der Waals surface area contributed by atoms with Gasteiger partial charge in [0.05, 0.1) is 5.56 Å². The van der Waals surface area contributed by atoms with Gasteiger partial charge >= 0.3 is 0 Å². The van der Waals surface area contributed by atoms with Crippen molar-refractivity contribution in [1.82, 2.24) is 9.80 Å². The van der Waals surface area contributed by atoms with Crippen molar-refractivity contribution in [3.63, 3.8) is 0 Å². The van der Waals surface area contributed by atoms with Crippen molar-refractivity contribution in [3.8, 4) is 11.5 Å². The molecule has 2 heterocycles. The normalized spacial score (nSPS) is 17.0. The van der Waals surface area contributed by atoms with Crippen LogP contribution in [-0.4, -0.2) is 54.6 Å². The number of carbonyl (C=O) groups is 2. The molecule has 2 N–H and O–H groups in total. The molecular weight excluding hydrogens is 274 g/mol. The molecule has 0 atom stereocenters. The Morgan fingerprint density at radius 2 is 1.62 bits per heavy atom. The molecule has 7 heteroatoms. The van der Waals surface area contributed by atoms with Gasteiger partial charge in [0.25, 0.3) is 5.91 Å². The second-order valence-corrected chi connectivity index (χ2v) is 5.09. The number of nitrogens with zero attached hydrogens (tertiary/aromatic N) is 2. The SMILES string of the molecule is CC(=O)N1CCN(C(=O)c2cc3c(cc2N)OCO3)CC1. The molecule has 0 aromatic heterocycles. The first-order chi connectivity index (χ1) is 10.1. The van der Waals surface area contributed by atoms with Crippen LogP contribution in [0.25, 0.3) is 0 Å². The standard InChI is InChI=1S/C14H17N3O4/c1-9(18)16-2-4-17(5-3-16)14(19)10-6-12-13(7-11(10)15)21-8-20-12/h6-7H,2-5,8,15H2,1H3. The number of fused-ring (bicyclic) bond motifs is 1. The fourth-order valence-corrected chi connectivity index (χ4v) is 2.54. The Kier molecular flexibility index (Phi) is 3.32. The number of nitrogens with two attached hydrogens (primary N) is 1. The lowest BCUT2D eigenvalue weighted by molar-refractivity contribution is -0.130. The number of ether oxygens (including phenoxy) is 2. The molecule has 1 aromatic carbocycles. The minimum atomic E-state index is -0.144. The quantitative estimate of drug-likeness (QED) is 0.752. The van der Waals surface area contributed by atoms with Crippen LogP contribution >= 0.6 is 0 Å². The highest BCUT2D eigenvalue weighted by molar-refractivity contribution is 6.00. The summed E-state index contributed by atoms with van der Waals surface area (Å²) in [5.74, 6) is 0.985. The van der Waals surface area contributed by atoms with Gasteiger partial charge in [-0.15, -0.1) is 0 Å². The van der Waals surface area contributed by atoms with Crippen molar-refractivity contribution in [2.45, 2.75) is 6.92 Å². The largest absolute Gasteiger partial charge is 0.454 e. The van der Waals surface area contributed by atoms with E-state index < -0.39 is 0 Å². The molecule has 2 aliphatic heterocycles. The fourth-order valence-electron chi connectivity index (χ4n) is 2.54. The molecule has 1 saturated heterocycles. The Balaban J connectivity index is 1.76. The van der Waals surface area contributed by atoms with E-state index in [1.165, 1.54) is 6.92 Å². The Labute approximate surface area is 122 Å². The molecule has 2 amide bonds. The van der Waals surface area contributed by atoms with Crippen LogP contribution in [0.2, 0.25) is 0 Å². The number of rotatable bonds is 1. The Morgan fingerprint density at radius 3 is 2.24 bits per heavy atom. The Morgan fingerprint density at radius 1 is 1.05 bits per heavy atom. The van der Waals surface area contributed by atoms with Gasteiger partial charge in [-0.05, 0) is 6.07 Å². The highest BCUT2D eigenvalue weighted by atomic mass is 16.7. The number of nitrogen functional groups attached to an aromatic ring is 1. The van der Waals surface area contributed by atoms with E-state index in [9.17, 15) is 9.59 Å². The zero-order valence-corrected chi connectivity index (χ0v) is 11.8. The predicted molar refractivity (Wildman–Crippen MR) is 75.1 cm³/mol. The lowest BCUT2D eigenvalue weighted by Crippen LogP contribution is -2.50. The zero-order valence-electron chi connectivity index (χ0n) is 11.8. The van der Waals surface area contributed by atoms with Crippen molar-refractivity contribution < 1.29 is 19.1 Å². The number of benzene rings is 1. The average Bonchev–Trinajstić information content (AvgIpc) is 2.93. The summed E-state index contributed by atoms with van der Waals surface area (Å²) in [5, 5.41) is 0. The number of piperazine rings is 1. The van der Waals surface area contributed by atoms with Crippen LogP contribution in [0.1, 0.15) is 17.3 Å². The number of carbonyl (C=O) groups excluding carboxylic acids is 2. The van der Waals surface area contributed by atoms with Gasteiger partial charge in [0.15, 0.2) is 11.5 Å². The molecule has 0 bridgehead atoms. The monoisotopic (exact) mass is 291 g/mol. The first-order valence-corrected chi connectivity index (χ1v) is 6.80. The van der Waals surface area contributed by atoms with Crippen LogP contribution in [0.15, 0.2) is 12.1 Å². The van der Waals surface area contributed by atoms with Gasteiger partial charge in [0.1, 0.15) is 0 Å². The third-order valence-electron chi connectivity index (χ3n) is 3.79. The van der Waals surface area contributed by atoms with Gasteiger partial charge < -0.3 is 25.0 Å². The smallest absolute Gasteiger partial charge is 0.256 e. The molecule has 0 saturated carbocycles. The van der Waals surface area contributed by atoms with Gasteiger partial charge in [-0.25, -0.2) is 0 Å². The Bertz CT molecular complexity index is 594. The first-order valence-electron chi connectivity index (χ1n) is 6.80. The van der Waals surface area contributed by atoms with Crippen LogP contribution in [0.4, 0.5) is 5.69 Å². The maximum atomic E-state index is 12.5. The average molecular weight is 291 g/mol. The summed E-state index contributed by atoms with van der Waals surface area (Å²) in [4.78, 5) is 27.3. The summed E-state index contributed by atoms with van der Waals surface area (Å²) in [7, 11) is 0. The molecule has 0 aliphatic carbocycles. The molecule has 7 nitrogen and oxygen atoms in total. The highest BCUT2D eigenvalue weighted by Gasteiger charge is 2.26. The molecular formula is C14H17N3O4. The summed E-state index contributed by atoms with van der Waals surface area (Å²) in [6, 6.07) is 3.23. The van der Waals surface area contributed by atoms with Crippen LogP contribution in [0.5, 0.6) is 11.5 Å². The maximum absolute atomic E-state index is 12.5. The second kappa shape index (κ2) is 5.16. The minimum absolute atomic E-state index is 0.0321. The third kappa shape index (κ3) is 2.46. The van der Waals surface area contributed by atoms with E-state index in [4.69, 9.17) is 15.2 Å². The first kappa shape index (κ1) is 13.5. The van der Waals surface area contributed by atoms with Crippen molar-refractivity contribution in [2.24, 2.45) is 0 Å². The van der Waals surface area contributed by atoms with E-state index >= 15 is 0 Å². The molecule has 2 aliphatic rings. The topological polar surface area (TPSA) is 85.1 Å². The number of amides is 2. The minimum Gasteiger partial charge on any atom is -0.454 e. The molecule has 112 valence electrons. The van der Waals surface area contributed by atoms with E-state index in [1.807, 2.05) is 0 Å². The number of anilines is 1. The molecule has 1 aromatic rings. The van der Waals surface area contributed by atoms with Gasteiger partial charge in [-0.3, -0.25) is 9.59 Å². The number of hydrogen-bond acceptors (Lipinski definition) is 5. The lowest BCUT2D eigenvalue weighted by Gasteiger charge is -2.34. The maximum Gasteiger partial charge on any atom is 0.256 e. The van der Waals surface area contributed by atoms with Gasteiger partial charge in [0.2, 0.25) is 12.7 Å². The van der Waals surface area contributed by atoms with Gasteiger partial charge in [0, 0.05) is 44.9 Å². The van der Waals surface area contributed by atoms with Gasteiger partial charge in [-0.2, -0.15) is 0 Å². The molecule has 0 spiro atoms. The van der Waals surface area contributed by atoms with Crippen molar-refractivity contribution in [2.75, 3.05) is 38.7 Å². The van der Waals surface area contributed by atoms with Crippen molar-refractivity contribution in [1.29, 1.82) is 0 Å². The van der Waals surface area contributed by atoms with Crippen LogP contribution < -0.4 is 15.2 Å². The van der Waals surface area contributed by atoms with Crippen molar-refractivity contribution >= 4 is 17.5 Å². The zero-order chi connectivity index (χ0) is 15.0. The second-order valence-electron chi connectivity index (χ2n) is 5.09. The number of hydrogen-bond donors (Lipinski definition) is 1. The van der Waals surface area contributed by atoms with E-state index in [1.54, 1.807) is 21.9 Å². The van der Waals surface area contributed by atoms with E-state index in [0.29, 0.717) is 48.9 Å². The van der Waals surface area contributed by atoms with E-state index in [2.05, 4.69) is 0 Å². The summed E-state index contributed by atoms with van der Waals surface area (Å²) in [6.07, 6.45) is 0. The predicted octanol–water partition coefficient (Wildman–Crippen LogP) is 0.302. The van der Waals surface area contributed by atoms with Crippen LogP contribution in [-0.2, 0) is 4.79 Å². The molecule has 1 fully saturated rings. The van der Waals surface area contributed by atoms with Crippen molar-refractivity contribution in [3.05, 3.63) is 17.7 Å². The summed E-state index contributed by atoms with van der Waals surface area (Å²) in [5.41, 5.74) is 6.72. The van der Waals surface area contributed by atoms with E-state index in [-0.39, 0.29) is 18.6 Å². The summed E-state index contributed by atoms with van der Waals surface area (Å²) < 4.78 is 10.5. The summed E-state index contributed by atoms with van der Waals surface area (Å²) >= 11 is 0. The molecule has 0 unspecified atom stereocenters. The molecule has 0 radical (unpaired) electrons. The highest BCUT2D eigenvalue weighted by Crippen LogP contribution is 2.36. The summed E-state index contributed by atoms with van der Waals surface area (Å²) in [6.45, 7) is 3.78. The van der Waals surface area contributed by atoms with Crippen LogP contribution in [0, 0.1) is 0 Å². The van der Waals surface area contributed by atoms with E-state index in [0.717, 1.165) is 0 Å². The molecule has 3 rings (SSSR count). The lowest BCUT2D eigenvalue weighted by atomic mass is 10.1. The van der Waals surface area contributed by atoms with Gasteiger partial charge in [-0.1, -0.05) is 0 Å². The Hall–Kier alpha value is -2.44. The molecule has 21 heavy (non-hydrogen) atoms. The van der Waals surface area contributed by atoms with Crippen LogP contribution in [0.3, 0.4) is 0 Å². The fraction of sp³-hybridized carbons (Fsp3) is 0.429.